The number of rotatable bonds is 4. The molecule has 0 aliphatic carbocycles. The number of carbonyl (C=O) groups is 2. The van der Waals surface area contributed by atoms with E-state index in [4.69, 9.17) is 14.2 Å². The van der Waals surface area contributed by atoms with Crippen LogP contribution in [0, 0.1) is 0 Å². The van der Waals surface area contributed by atoms with Gasteiger partial charge in [-0.05, 0) is 24.3 Å². The molecule has 1 aliphatic rings. The number of carbonyl (C=O) groups excluding carboxylic acids is 2. The normalized spacial score (nSPS) is 15.6. The van der Waals surface area contributed by atoms with E-state index in [0.717, 1.165) is 6.07 Å². The number of Topliss-reactive ketones (excluding diaryl/α,β-unsaturated/α-hetero) is 1. The standard InChI is InChI=1S/C17H14O7/c18-10-5-6-11(12(19)7-10)13(20)8-23-17(21)16-9-22-14-3-1-2-4-15(14)24-16/h1-7,16,18-19H,8-9H2/t16-/m1/s1. The van der Waals surface area contributed by atoms with Gasteiger partial charge in [0.2, 0.25) is 11.9 Å². The van der Waals surface area contributed by atoms with E-state index in [1.165, 1.54) is 12.1 Å². The van der Waals surface area contributed by atoms with Crippen LogP contribution in [0.5, 0.6) is 23.0 Å². The lowest BCUT2D eigenvalue weighted by atomic mass is 10.1. The monoisotopic (exact) mass is 330 g/mol. The number of ether oxygens (including phenoxy) is 3. The highest BCUT2D eigenvalue weighted by molar-refractivity contribution is 6.00. The molecule has 1 aliphatic heterocycles. The van der Waals surface area contributed by atoms with E-state index < -0.39 is 24.5 Å². The number of aromatic hydroxyl groups is 2. The predicted molar refractivity (Wildman–Crippen MR) is 81.4 cm³/mol. The first kappa shape index (κ1) is 15.7. The number of phenolic OH excluding ortho intramolecular Hbond substituents is 2. The van der Waals surface area contributed by atoms with Crippen LogP contribution in [0.1, 0.15) is 10.4 Å². The first-order chi connectivity index (χ1) is 11.5. The Morgan fingerprint density at radius 3 is 2.62 bits per heavy atom. The molecule has 0 spiro atoms. The minimum atomic E-state index is -0.971. The van der Waals surface area contributed by atoms with Crippen LogP contribution in [0.4, 0.5) is 0 Å². The molecular formula is C17H14O7. The Morgan fingerprint density at radius 2 is 1.88 bits per heavy atom. The fourth-order valence-electron chi connectivity index (χ4n) is 2.20. The lowest BCUT2D eigenvalue weighted by molar-refractivity contribution is -0.153. The van der Waals surface area contributed by atoms with Crippen molar-refractivity contribution in [1.82, 2.24) is 0 Å². The summed E-state index contributed by atoms with van der Waals surface area (Å²) < 4.78 is 15.8. The largest absolute Gasteiger partial charge is 0.508 e. The molecule has 2 N–H and O–H groups in total. The fraction of sp³-hybridized carbons (Fsp3) is 0.176. The number of phenols is 2. The molecular weight excluding hydrogens is 316 g/mol. The van der Waals surface area contributed by atoms with E-state index in [9.17, 15) is 19.8 Å². The summed E-state index contributed by atoms with van der Waals surface area (Å²) in [6.45, 7) is -0.576. The average molecular weight is 330 g/mol. The number of esters is 1. The van der Waals surface area contributed by atoms with E-state index in [1.54, 1.807) is 24.3 Å². The average Bonchev–Trinajstić information content (AvgIpc) is 2.59. The summed E-state index contributed by atoms with van der Waals surface area (Å²) in [5.74, 6) is -0.941. The maximum atomic E-state index is 12.0. The molecule has 0 aromatic heterocycles. The van der Waals surface area contributed by atoms with Gasteiger partial charge in [0.25, 0.3) is 0 Å². The Balaban J connectivity index is 1.59. The highest BCUT2D eigenvalue weighted by atomic mass is 16.6. The summed E-state index contributed by atoms with van der Waals surface area (Å²) in [6.07, 6.45) is -0.971. The first-order valence-electron chi connectivity index (χ1n) is 7.15. The Morgan fingerprint density at radius 1 is 1.12 bits per heavy atom. The lowest BCUT2D eigenvalue weighted by Crippen LogP contribution is -2.38. The van der Waals surface area contributed by atoms with Crippen LogP contribution in [0.2, 0.25) is 0 Å². The maximum absolute atomic E-state index is 12.0. The second-order valence-electron chi connectivity index (χ2n) is 5.10. The number of hydrogen-bond acceptors (Lipinski definition) is 7. The van der Waals surface area contributed by atoms with Gasteiger partial charge in [-0.2, -0.15) is 0 Å². The Hall–Kier alpha value is -3.22. The topological polar surface area (TPSA) is 102 Å². The Labute approximate surface area is 137 Å². The van der Waals surface area contributed by atoms with Crippen LogP contribution >= 0.6 is 0 Å². The van der Waals surface area contributed by atoms with E-state index >= 15 is 0 Å². The van der Waals surface area contributed by atoms with Crippen molar-refractivity contribution in [2.75, 3.05) is 13.2 Å². The molecule has 0 saturated heterocycles. The molecule has 0 unspecified atom stereocenters. The summed E-state index contributed by atoms with van der Waals surface area (Å²) in [4.78, 5) is 24.0. The molecule has 2 aromatic carbocycles. The molecule has 2 aromatic rings. The van der Waals surface area contributed by atoms with E-state index in [0.29, 0.717) is 11.5 Å². The number of para-hydroxylation sites is 2. The summed E-state index contributed by atoms with van der Waals surface area (Å²) in [7, 11) is 0. The van der Waals surface area contributed by atoms with Crippen LogP contribution in [0.3, 0.4) is 0 Å². The molecule has 3 rings (SSSR count). The van der Waals surface area contributed by atoms with Crippen molar-refractivity contribution in [2.24, 2.45) is 0 Å². The third kappa shape index (κ3) is 3.24. The molecule has 1 heterocycles. The SMILES string of the molecule is O=C(COC(=O)[C@H]1COc2ccccc2O1)c1ccc(O)cc1O. The number of hydrogen-bond donors (Lipinski definition) is 2. The highest BCUT2D eigenvalue weighted by Gasteiger charge is 2.29. The van der Waals surface area contributed by atoms with Gasteiger partial charge in [0.05, 0.1) is 5.56 Å². The molecule has 0 radical (unpaired) electrons. The van der Waals surface area contributed by atoms with Crippen LogP contribution in [0.15, 0.2) is 42.5 Å². The van der Waals surface area contributed by atoms with E-state index in [1.807, 2.05) is 0 Å². The molecule has 7 heteroatoms. The van der Waals surface area contributed by atoms with Gasteiger partial charge in [-0.25, -0.2) is 4.79 Å². The molecule has 0 bridgehead atoms. The highest BCUT2D eigenvalue weighted by Crippen LogP contribution is 2.31. The number of benzene rings is 2. The fourth-order valence-corrected chi connectivity index (χ4v) is 2.20. The van der Waals surface area contributed by atoms with Gasteiger partial charge in [0.1, 0.15) is 18.1 Å². The lowest BCUT2D eigenvalue weighted by Gasteiger charge is -2.24. The van der Waals surface area contributed by atoms with Crippen LogP contribution in [-0.4, -0.2) is 41.3 Å². The van der Waals surface area contributed by atoms with Crippen LogP contribution in [0.25, 0.3) is 0 Å². The second kappa shape index (κ2) is 6.49. The van der Waals surface area contributed by atoms with Crippen molar-refractivity contribution in [2.45, 2.75) is 6.10 Å². The zero-order valence-corrected chi connectivity index (χ0v) is 12.5. The van der Waals surface area contributed by atoms with Gasteiger partial charge in [-0.3, -0.25) is 4.79 Å². The number of fused-ring (bicyclic) bond motifs is 1. The smallest absolute Gasteiger partial charge is 0.351 e. The molecule has 7 nitrogen and oxygen atoms in total. The third-order valence-electron chi connectivity index (χ3n) is 3.40. The zero-order valence-electron chi connectivity index (χ0n) is 12.5. The van der Waals surface area contributed by atoms with Crippen molar-refractivity contribution in [3.05, 3.63) is 48.0 Å². The molecule has 24 heavy (non-hydrogen) atoms. The molecule has 0 fully saturated rings. The predicted octanol–water partition coefficient (Wildman–Crippen LogP) is 1.66. The second-order valence-corrected chi connectivity index (χ2v) is 5.10. The minimum absolute atomic E-state index is 0.0193. The van der Waals surface area contributed by atoms with Gasteiger partial charge in [0.15, 0.2) is 18.1 Å². The maximum Gasteiger partial charge on any atom is 0.351 e. The van der Waals surface area contributed by atoms with Gasteiger partial charge < -0.3 is 24.4 Å². The molecule has 1 atom stereocenters. The molecule has 0 saturated carbocycles. The van der Waals surface area contributed by atoms with Crippen molar-refractivity contribution in [3.8, 4) is 23.0 Å². The number of ketones is 1. The van der Waals surface area contributed by atoms with Crippen molar-refractivity contribution in [3.63, 3.8) is 0 Å². The quantitative estimate of drug-likeness (QED) is 0.649. The van der Waals surface area contributed by atoms with E-state index in [2.05, 4.69) is 0 Å². The first-order valence-corrected chi connectivity index (χ1v) is 7.15. The molecule has 124 valence electrons. The van der Waals surface area contributed by atoms with Crippen molar-refractivity contribution >= 4 is 11.8 Å². The van der Waals surface area contributed by atoms with Crippen molar-refractivity contribution in [1.29, 1.82) is 0 Å². The molecule has 0 amide bonds. The Kier molecular flexibility index (Phi) is 4.24. The summed E-state index contributed by atoms with van der Waals surface area (Å²) >= 11 is 0. The van der Waals surface area contributed by atoms with E-state index in [-0.39, 0.29) is 23.7 Å². The zero-order chi connectivity index (χ0) is 17.1. The minimum Gasteiger partial charge on any atom is -0.508 e. The van der Waals surface area contributed by atoms with Gasteiger partial charge in [0, 0.05) is 6.07 Å². The third-order valence-corrected chi connectivity index (χ3v) is 3.40. The van der Waals surface area contributed by atoms with Crippen LogP contribution in [-0.2, 0) is 9.53 Å². The van der Waals surface area contributed by atoms with Crippen molar-refractivity contribution < 1.29 is 34.0 Å². The summed E-state index contributed by atoms with van der Waals surface area (Å²) in [5.41, 5.74) is -0.0493. The summed E-state index contributed by atoms with van der Waals surface area (Å²) in [6, 6.07) is 10.4. The van der Waals surface area contributed by atoms with Gasteiger partial charge in [-0.1, -0.05) is 12.1 Å². The van der Waals surface area contributed by atoms with Gasteiger partial charge >= 0.3 is 5.97 Å². The van der Waals surface area contributed by atoms with Crippen LogP contribution < -0.4 is 9.47 Å². The Bertz CT molecular complexity index is 784. The van der Waals surface area contributed by atoms with Gasteiger partial charge in [-0.15, -0.1) is 0 Å². The summed E-state index contributed by atoms with van der Waals surface area (Å²) in [5, 5.41) is 18.8.